The quantitative estimate of drug-likeness (QED) is 0.295. The molecule has 2 amide bonds. The Kier molecular flexibility index (Phi) is 7.85. The molecule has 0 aromatic heterocycles. The van der Waals surface area contributed by atoms with Crippen molar-refractivity contribution in [3.8, 4) is 0 Å². The zero-order valence-corrected chi connectivity index (χ0v) is 20.7. The molecule has 2 unspecified atom stereocenters. The predicted molar refractivity (Wildman–Crippen MR) is 127 cm³/mol. The molecule has 4 aliphatic rings. The summed E-state index contributed by atoms with van der Waals surface area (Å²) in [6.45, 7) is 10.5. The first-order chi connectivity index (χ1) is 16.8. The Bertz CT molecular complexity index is 832. The van der Waals surface area contributed by atoms with Crippen LogP contribution in [-0.2, 0) is 23.9 Å². The maximum Gasteiger partial charge on any atom is 0.310 e. The second kappa shape index (κ2) is 10.5. The molecule has 10 nitrogen and oxygen atoms in total. The minimum absolute atomic E-state index is 0.0695. The van der Waals surface area contributed by atoms with E-state index in [4.69, 9.17) is 14.6 Å². The molecule has 4 fully saturated rings. The number of carbonyl (C=O) groups excluding carboxylic acids is 2. The molecule has 10 heteroatoms. The summed E-state index contributed by atoms with van der Waals surface area (Å²) in [7, 11) is 0. The van der Waals surface area contributed by atoms with E-state index in [1.807, 2.05) is 0 Å². The van der Waals surface area contributed by atoms with Crippen molar-refractivity contribution in [2.75, 3.05) is 59.1 Å². The van der Waals surface area contributed by atoms with Crippen LogP contribution in [-0.4, -0.2) is 119 Å². The summed E-state index contributed by atoms with van der Waals surface area (Å²) in [5.74, 6) is -3.38. The third kappa shape index (κ3) is 4.61. The highest BCUT2D eigenvalue weighted by Crippen LogP contribution is 2.63. The molecule has 1 spiro atoms. The molecule has 0 aromatic carbocycles. The highest BCUT2D eigenvalue weighted by Gasteiger charge is 2.78. The van der Waals surface area contributed by atoms with Crippen molar-refractivity contribution in [2.24, 2.45) is 11.8 Å². The van der Waals surface area contributed by atoms with Gasteiger partial charge in [0.2, 0.25) is 11.8 Å². The van der Waals surface area contributed by atoms with Crippen molar-refractivity contribution in [3.63, 3.8) is 0 Å². The van der Waals surface area contributed by atoms with Crippen LogP contribution < -0.4 is 0 Å². The number of morpholine rings is 1. The SMILES string of the molecule is C=CCN(CCN1CCOCC1)C(=O)C1N(CCCCCO)C(=O)[C@@H]2[C@@H](C(=O)O)[C@@]3(C)CCC12O3. The maximum atomic E-state index is 14.1. The van der Waals surface area contributed by atoms with Gasteiger partial charge in [0.15, 0.2) is 0 Å². The number of hydrogen-bond donors (Lipinski definition) is 2. The van der Waals surface area contributed by atoms with Crippen LogP contribution in [0.4, 0.5) is 0 Å². The molecule has 0 aliphatic carbocycles. The van der Waals surface area contributed by atoms with E-state index in [1.165, 1.54) is 0 Å². The van der Waals surface area contributed by atoms with Gasteiger partial charge in [-0.2, -0.15) is 0 Å². The number of rotatable bonds is 12. The number of carbonyl (C=O) groups is 3. The third-order valence-corrected chi connectivity index (χ3v) is 8.28. The summed E-state index contributed by atoms with van der Waals surface area (Å²) in [6, 6.07) is -0.857. The number of carboxylic acid groups (broad SMARTS) is 1. The highest BCUT2D eigenvalue weighted by molar-refractivity contribution is 5.98. The fourth-order valence-electron chi connectivity index (χ4n) is 6.60. The molecule has 196 valence electrons. The number of ether oxygens (including phenoxy) is 2. The highest BCUT2D eigenvalue weighted by atomic mass is 16.5. The molecular formula is C25H39N3O7. The van der Waals surface area contributed by atoms with Gasteiger partial charge in [-0.25, -0.2) is 0 Å². The van der Waals surface area contributed by atoms with Gasteiger partial charge in [0.25, 0.3) is 0 Å². The summed E-state index contributed by atoms with van der Waals surface area (Å²) in [6.07, 6.45) is 4.63. The van der Waals surface area contributed by atoms with Crippen LogP contribution in [0.2, 0.25) is 0 Å². The van der Waals surface area contributed by atoms with Crippen molar-refractivity contribution >= 4 is 17.8 Å². The van der Waals surface area contributed by atoms with E-state index in [2.05, 4.69) is 11.5 Å². The van der Waals surface area contributed by atoms with Crippen molar-refractivity contribution < 1.29 is 34.1 Å². The molecule has 0 radical (unpaired) electrons. The lowest BCUT2D eigenvalue weighted by molar-refractivity contribution is -0.156. The number of unbranched alkanes of at least 4 members (excludes halogenated alkanes) is 2. The van der Waals surface area contributed by atoms with Crippen LogP contribution >= 0.6 is 0 Å². The van der Waals surface area contributed by atoms with E-state index in [9.17, 15) is 19.5 Å². The number of likely N-dealkylation sites (tertiary alicyclic amines) is 1. The van der Waals surface area contributed by atoms with Crippen molar-refractivity contribution in [3.05, 3.63) is 12.7 Å². The molecule has 35 heavy (non-hydrogen) atoms. The summed E-state index contributed by atoms with van der Waals surface area (Å²) in [5.41, 5.74) is -2.08. The molecule has 5 atom stereocenters. The average Bonchev–Trinajstić information content (AvgIpc) is 3.40. The number of hydrogen-bond acceptors (Lipinski definition) is 7. The van der Waals surface area contributed by atoms with E-state index >= 15 is 0 Å². The van der Waals surface area contributed by atoms with E-state index in [1.54, 1.807) is 22.8 Å². The molecule has 2 bridgehead atoms. The lowest BCUT2D eigenvalue weighted by atomic mass is 9.66. The normalized spacial score (nSPS) is 34.3. The number of aliphatic carboxylic acids is 1. The standard InChI is InChI=1S/C25H39N3O7/c1-3-9-27(12-11-26-13-16-34-17-14-26)22(31)20-25-8-7-24(2,35-25)19(23(32)33)18(25)21(30)28(20)10-5-4-6-15-29/h3,18-20,29H,1,4-17H2,2H3,(H,32,33)/t18-,19-,20?,24+,25?/m0/s1. The molecule has 4 heterocycles. The topological polar surface area (TPSA) is 120 Å². The van der Waals surface area contributed by atoms with E-state index in [0.717, 1.165) is 13.1 Å². The van der Waals surface area contributed by atoms with Crippen LogP contribution in [0.15, 0.2) is 12.7 Å². The zero-order chi connectivity index (χ0) is 25.2. The van der Waals surface area contributed by atoms with Crippen LogP contribution in [0.1, 0.15) is 39.0 Å². The third-order valence-electron chi connectivity index (χ3n) is 8.28. The number of aliphatic hydroxyl groups excluding tert-OH is 1. The average molecular weight is 494 g/mol. The van der Waals surface area contributed by atoms with E-state index in [-0.39, 0.29) is 18.4 Å². The smallest absolute Gasteiger partial charge is 0.310 e. The lowest BCUT2D eigenvalue weighted by Gasteiger charge is -2.37. The van der Waals surface area contributed by atoms with Crippen LogP contribution in [0.5, 0.6) is 0 Å². The Hall–Kier alpha value is -2.01. The van der Waals surface area contributed by atoms with Gasteiger partial charge in [0.05, 0.1) is 30.7 Å². The number of nitrogens with zero attached hydrogens (tertiary/aromatic N) is 3. The maximum absolute atomic E-state index is 14.1. The summed E-state index contributed by atoms with van der Waals surface area (Å²) in [4.78, 5) is 45.7. The first-order valence-corrected chi connectivity index (χ1v) is 12.8. The van der Waals surface area contributed by atoms with Gasteiger partial charge in [0.1, 0.15) is 11.6 Å². The minimum Gasteiger partial charge on any atom is -0.481 e. The Labute approximate surface area is 206 Å². The summed E-state index contributed by atoms with van der Waals surface area (Å²) >= 11 is 0. The second-order valence-corrected chi connectivity index (χ2v) is 10.4. The lowest BCUT2D eigenvalue weighted by Crippen LogP contribution is -2.57. The molecule has 0 aromatic rings. The molecule has 4 saturated heterocycles. The fourth-order valence-corrected chi connectivity index (χ4v) is 6.60. The van der Waals surface area contributed by atoms with Gasteiger partial charge in [0, 0.05) is 45.9 Å². The number of fused-ring (bicyclic) bond motifs is 1. The minimum atomic E-state index is -1.12. The van der Waals surface area contributed by atoms with Crippen molar-refractivity contribution in [2.45, 2.75) is 56.3 Å². The van der Waals surface area contributed by atoms with Crippen molar-refractivity contribution in [1.82, 2.24) is 14.7 Å². The first-order valence-electron chi connectivity index (χ1n) is 12.8. The predicted octanol–water partition coefficient (Wildman–Crippen LogP) is 0.345. The Morgan fingerprint density at radius 1 is 1.20 bits per heavy atom. The van der Waals surface area contributed by atoms with E-state index in [0.29, 0.717) is 71.5 Å². The molecular weight excluding hydrogens is 454 g/mol. The van der Waals surface area contributed by atoms with E-state index < -0.39 is 35.0 Å². The van der Waals surface area contributed by atoms with Crippen LogP contribution in [0, 0.1) is 11.8 Å². The Balaban J connectivity index is 1.61. The zero-order valence-electron chi connectivity index (χ0n) is 20.7. The molecule has 4 aliphatic heterocycles. The summed E-state index contributed by atoms with van der Waals surface area (Å²) < 4.78 is 11.9. The van der Waals surface area contributed by atoms with Gasteiger partial charge in [-0.1, -0.05) is 6.08 Å². The van der Waals surface area contributed by atoms with Crippen LogP contribution in [0.3, 0.4) is 0 Å². The van der Waals surface area contributed by atoms with Crippen molar-refractivity contribution in [1.29, 1.82) is 0 Å². The van der Waals surface area contributed by atoms with Gasteiger partial charge < -0.3 is 29.5 Å². The van der Waals surface area contributed by atoms with Crippen LogP contribution in [0.25, 0.3) is 0 Å². The molecule has 2 N–H and O–H groups in total. The number of aliphatic hydroxyl groups is 1. The fraction of sp³-hybridized carbons (Fsp3) is 0.800. The summed E-state index contributed by atoms with van der Waals surface area (Å²) in [5, 5.41) is 19.2. The monoisotopic (exact) mass is 493 g/mol. The largest absolute Gasteiger partial charge is 0.481 e. The molecule has 4 rings (SSSR count). The molecule has 0 saturated carbocycles. The Morgan fingerprint density at radius 3 is 2.60 bits per heavy atom. The first kappa shape index (κ1) is 26.1. The van der Waals surface area contributed by atoms with Gasteiger partial charge in [-0.05, 0) is 39.0 Å². The van der Waals surface area contributed by atoms with Gasteiger partial charge >= 0.3 is 5.97 Å². The number of carboxylic acids is 1. The number of amides is 2. The van der Waals surface area contributed by atoms with Gasteiger partial charge in [-0.15, -0.1) is 6.58 Å². The second-order valence-electron chi connectivity index (χ2n) is 10.4. The Morgan fingerprint density at radius 2 is 1.94 bits per heavy atom. The van der Waals surface area contributed by atoms with Gasteiger partial charge in [-0.3, -0.25) is 19.3 Å².